The van der Waals surface area contributed by atoms with Gasteiger partial charge in [-0.1, -0.05) is 12.1 Å². The first-order chi connectivity index (χ1) is 13.6. The molecule has 1 saturated heterocycles. The zero-order chi connectivity index (χ0) is 19.7. The number of ether oxygens (including phenoxy) is 1. The maximum atomic E-state index is 13.3. The summed E-state index contributed by atoms with van der Waals surface area (Å²) in [5.74, 6) is 0.596. The highest BCUT2D eigenvalue weighted by Gasteiger charge is 2.36. The average Bonchev–Trinajstić information content (AvgIpc) is 3.25. The van der Waals surface area contributed by atoms with E-state index < -0.39 is 0 Å². The average molecular weight is 377 g/mol. The molecule has 1 atom stereocenters. The molecular weight excluding hydrogens is 350 g/mol. The van der Waals surface area contributed by atoms with E-state index in [0.717, 1.165) is 61.2 Å². The molecule has 2 fully saturated rings. The molecule has 0 N–H and O–H groups in total. The van der Waals surface area contributed by atoms with Crippen LogP contribution in [0.2, 0.25) is 0 Å². The zero-order valence-electron chi connectivity index (χ0n) is 16.6. The molecule has 146 valence electrons. The smallest absolute Gasteiger partial charge is 0.181 e. The highest BCUT2D eigenvalue weighted by molar-refractivity contribution is 5.98. The molecule has 5 heteroatoms. The van der Waals surface area contributed by atoms with E-state index in [1.165, 1.54) is 0 Å². The molecule has 1 aromatic carbocycles. The standard InChI is InChI=1S/C23H27N3O2/c1-15(2)26-23(20(27)12-11-19-4-3-13-28-19)21(17-9-10-17)22(25-26)18-7-5-16(14-24)6-8-18/h5-8,15,17,19H,3-4,9-13H2,1-2H3/t19-/m0/s1. The minimum Gasteiger partial charge on any atom is -0.378 e. The number of hydrogen-bond acceptors (Lipinski definition) is 4. The lowest BCUT2D eigenvalue weighted by Gasteiger charge is -2.13. The normalized spacial score (nSPS) is 19.1. The summed E-state index contributed by atoms with van der Waals surface area (Å²) in [6.07, 6.45) is 5.90. The van der Waals surface area contributed by atoms with Crippen molar-refractivity contribution in [2.45, 2.75) is 70.4 Å². The van der Waals surface area contributed by atoms with Crippen molar-refractivity contribution in [2.75, 3.05) is 6.61 Å². The van der Waals surface area contributed by atoms with Gasteiger partial charge in [0.1, 0.15) is 5.69 Å². The van der Waals surface area contributed by atoms with Crippen LogP contribution in [0.1, 0.15) is 85.9 Å². The van der Waals surface area contributed by atoms with Gasteiger partial charge in [0.15, 0.2) is 5.78 Å². The van der Waals surface area contributed by atoms with E-state index in [0.29, 0.717) is 17.9 Å². The number of aromatic nitrogens is 2. The molecule has 0 unspecified atom stereocenters. The van der Waals surface area contributed by atoms with Crippen LogP contribution < -0.4 is 0 Å². The lowest BCUT2D eigenvalue weighted by molar-refractivity contribution is 0.0850. The van der Waals surface area contributed by atoms with Crippen molar-refractivity contribution in [2.24, 2.45) is 0 Å². The van der Waals surface area contributed by atoms with Gasteiger partial charge in [-0.3, -0.25) is 9.48 Å². The van der Waals surface area contributed by atoms with Crippen LogP contribution in [-0.4, -0.2) is 28.3 Å². The molecule has 2 aliphatic rings. The summed E-state index contributed by atoms with van der Waals surface area (Å²) in [5, 5.41) is 13.9. The van der Waals surface area contributed by atoms with E-state index >= 15 is 0 Å². The van der Waals surface area contributed by atoms with E-state index in [-0.39, 0.29) is 17.9 Å². The number of nitrogens with zero attached hydrogens (tertiary/aromatic N) is 3. The van der Waals surface area contributed by atoms with Gasteiger partial charge in [-0.2, -0.15) is 10.4 Å². The number of carbonyl (C=O) groups excluding carboxylic acids is 1. The van der Waals surface area contributed by atoms with Crippen LogP contribution in [0, 0.1) is 11.3 Å². The minimum absolute atomic E-state index is 0.117. The number of hydrogen-bond donors (Lipinski definition) is 0. The predicted octanol–water partition coefficient (Wildman–Crippen LogP) is 5.02. The summed E-state index contributed by atoms with van der Waals surface area (Å²) in [7, 11) is 0. The number of ketones is 1. The fraction of sp³-hybridized carbons (Fsp3) is 0.522. The minimum atomic E-state index is 0.117. The number of Topliss-reactive ketones (excluding diaryl/α,β-unsaturated/α-hetero) is 1. The molecule has 1 aliphatic carbocycles. The van der Waals surface area contributed by atoms with Crippen molar-refractivity contribution in [1.29, 1.82) is 5.26 Å². The molecule has 1 saturated carbocycles. The number of nitriles is 1. The summed E-state index contributed by atoms with van der Waals surface area (Å²) in [5.41, 5.74) is 4.41. The van der Waals surface area contributed by atoms with Crippen LogP contribution in [0.4, 0.5) is 0 Å². The van der Waals surface area contributed by atoms with E-state index in [9.17, 15) is 4.79 Å². The van der Waals surface area contributed by atoms with Gasteiger partial charge in [0.2, 0.25) is 0 Å². The van der Waals surface area contributed by atoms with Gasteiger partial charge in [0, 0.05) is 30.2 Å². The molecule has 4 rings (SSSR count). The van der Waals surface area contributed by atoms with Crippen molar-refractivity contribution in [3.63, 3.8) is 0 Å². The Kier molecular flexibility index (Phi) is 5.32. The molecule has 2 aromatic rings. The Bertz CT molecular complexity index is 895. The first-order valence-corrected chi connectivity index (χ1v) is 10.4. The predicted molar refractivity (Wildman–Crippen MR) is 107 cm³/mol. The Morgan fingerprint density at radius 1 is 1.29 bits per heavy atom. The first-order valence-electron chi connectivity index (χ1n) is 10.4. The number of rotatable bonds is 7. The Balaban J connectivity index is 1.70. The van der Waals surface area contributed by atoms with Crippen molar-refractivity contribution in [3.05, 3.63) is 41.1 Å². The van der Waals surface area contributed by atoms with Crippen molar-refractivity contribution in [3.8, 4) is 17.3 Å². The highest BCUT2D eigenvalue weighted by Crippen LogP contribution is 2.47. The molecule has 28 heavy (non-hydrogen) atoms. The molecule has 0 amide bonds. The van der Waals surface area contributed by atoms with Gasteiger partial charge in [-0.05, 0) is 64.0 Å². The quantitative estimate of drug-likeness (QED) is 0.635. The van der Waals surface area contributed by atoms with E-state index in [2.05, 4.69) is 19.9 Å². The monoisotopic (exact) mass is 377 g/mol. The highest BCUT2D eigenvalue weighted by atomic mass is 16.5. The molecule has 2 heterocycles. The lowest BCUT2D eigenvalue weighted by atomic mass is 9.97. The lowest BCUT2D eigenvalue weighted by Crippen LogP contribution is -2.16. The fourth-order valence-corrected chi connectivity index (χ4v) is 4.06. The van der Waals surface area contributed by atoms with E-state index in [4.69, 9.17) is 15.1 Å². The fourth-order valence-electron chi connectivity index (χ4n) is 4.06. The maximum absolute atomic E-state index is 13.3. The third-order valence-electron chi connectivity index (χ3n) is 5.69. The summed E-state index contributed by atoms with van der Waals surface area (Å²) in [6, 6.07) is 9.80. The molecular formula is C23H27N3O2. The molecule has 0 bridgehead atoms. The van der Waals surface area contributed by atoms with Crippen LogP contribution in [0.15, 0.2) is 24.3 Å². The molecule has 1 aliphatic heterocycles. The van der Waals surface area contributed by atoms with Crippen LogP contribution >= 0.6 is 0 Å². The van der Waals surface area contributed by atoms with Crippen molar-refractivity contribution >= 4 is 5.78 Å². The Labute approximate surface area is 166 Å². The summed E-state index contributed by atoms with van der Waals surface area (Å²) < 4.78 is 7.62. The molecule has 1 aromatic heterocycles. The Hall–Kier alpha value is -2.45. The summed E-state index contributed by atoms with van der Waals surface area (Å²) in [4.78, 5) is 13.3. The van der Waals surface area contributed by atoms with Gasteiger partial charge in [-0.25, -0.2) is 0 Å². The van der Waals surface area contributed by atoms with Gasteiger partial charge in [-0.15, -0.1) is 0 Å². The second-order valence-electron chi connectivity index (χ2n) is 8.21. The van der Waals surface area contributed by atoms with Gasteiger partial charge >= 0.3 is 0 Å². The first kappa shape index (κ1) is 18.9. The Morgan fingerprint density at radius 3 is 2.61 bits per heavy atom. The van der Waals surface area contributed by atoms with Gasteiger partial charge < -0.3 is 4.74 Å². The summed E-state index contributed by atoms with van der Waals surface area (Å²) in [6.45, 7) is 4.96. The SMILES string of the molecule is CC(C)n1nc(-c2ccc(C#N)cc2)c(C2CC2)c1C(=O)CC[C@@H]1CCCO1. The second kappa shape index (κ2) is 7.89. The molecule has 0 radical (unpaired) electrons. The molecule has 5 nitrogen and oxygen atoms in total. The second-order valence-corrected chi connectivity index (χ2v) is 8.21. The number of benzene rings is 1. The van der Waals surface area contributed by atoms with Crippen molar-refractivity contribution < 1.29 is 9.53 Å². The zero-order valence-corrected chi connectivity index (χ0v) is 16.6. The third kappa shape index (κ3) is 3.74. The van der Waals surface area contributed by atoms with Crippen LogP contribution in [0.3, 0.4) is 0 Å². The largest absolute Gasteiger partial charge is 0.378 e. The topological polar surface area (TPSA) is 67.9 Å². The van der Waals surface area contributed by atoms with Crippen LogP contribution in [-0.2, 0) is 4.74 Å². The Morgan fingerprint density at radius 2 is 2.04 bits per heavy atom. The molecule has 0 spiro atoms. The third-order valence-corrected chi connectivity index (χ3v) is 5.69. The van der Waals surface area contributed by atoms with Gasteiger partial charge in [0.05, 0.1) is 23.4 Å². The van der Waals surface area contributed by atoms with Crippen molar-refractivity contribution in [1.82, 2.24) is 9.78 Å². The maximum Gasteiger partial charge on any atom is 0.181 e. The van der Waals surface area contributed by atoms with Gasteiger partial charge in [0.25, 0.3) is 0 Å². The van der Waals surface area contributed by atoms with Crippen LogP contribution in [0.25, 0.3) is 11.3 Å². The summed E-state index contributed by atoms with van der Waals surface area (Å²) >= 11 is 0. The van der Waals surface area contributed by atoms with Crippen LogP contribution in [0.5, 0.6) is 0 Å². The number of carbonyl (C=O) groups is 1. The van der Waals surface area contributed by atoms with E-state index in [1.807, 2.05) is 28.9 Å². The van der Waals surface area contributed by atoms with E-state index in [1.54, 1.807) is 0 Å².